The van der Waals surface area contributed by atoms with E-state index in [4.69, 9.17) is 4.74 Å². The van der Waals surface area contributed by atoms with Gasteiger partial charge in [-0.3, -0.25) is 9.69 Å². The van der Waals surface area contributed by atoms with Crippen LogP contribution in [0.1, 0.15) is 51.8 Å². The van der Waals surface area contributed by atoms with Crippen LogP contribution in [0.4, 0.5) is 4.39 Å². The van der Waals surface area contributed by atoms with Crippen LogP contribution >= 0.6 is 0 Å². The lowest BCUT2D eigenvalue weighted by molar-refractivity contribution is 0.0949. The number of piperidine rings is 1. The zero-order valence-corrected chi connectivity index (χ0v) is 19.1. The van der Waals surface area contributed by atoms with E-state index in [-0.39, 0.29) is 11.7 Å². The van der Waals surface area contributed by atoms with Crippen LogP contribution < -0.4 is 10.1 Å². The number of rotatable bonds is 7. The summed E-state index contributed by atoms with van der Waals surface area (Å²) in [6.07, 6.45) is 3.61. The molecule has 1 saturated heterocycles. The molecule has 1 aliphatic heterocycles. The quantitative estimate of drug-likeness (QED) is 0.586. The minimum Gasteiger partial charge on any atom is -0.497 e. The summed E-state index contributed by atoms with van der Waals surface area (Å²) in [5.41, 5.74) is 3.26. The Balaban J connectivity index is 1.30. The average molecular weight is 449 g/mol. The van der Waals surface area contributed by atoms with Crippen molar-refractivity contribution in [3.05, 3.63) is 88.8 Å². The third kappa shape index (κ3) is 5.93. The Kier molecular flexibility index (Phi) is 7.29. The van der Waals surface area contributed by atoms with Gasteiger partial charge in [-0.15, -0.1) is 0 Å². The van der Waals surface area contributed by atoms with E-state index < -0.39 is 0 Å². The maximum atomic E-state index is 13.0. The molecule has 1 fully saturated rings. The molecule has 1 aliphatic rings. The summed E-state index contributed by atoms with van der Waals surface area (Å²) in [4.78, 5) is 24.2. The average Bonchev–Trinajstić information content (AvgIpc) is 2.84. The van der Waals surface area contributed by atoms with Crippen LogP contribution in [0.25, 0.3) is 0 Å². The van der Waals surface area contributed by atoms with Crippen molar-refractivity contribution < 1.29 is 13.9 Å². The first-order valence-corrected chi connectivity index (χ1v) is 11.2. The van der Waals surface area contributed by atoms with Gasteiger partial charge in [0.2, 0.25) is 0 Å². The van der Waals surface area contributed by atoms with Crippen molar-refractivity contribution in [3.8, 4) is 5.75 Å². The monoisotopic (exact) mass is 448 g/mol. The number of nitrogens with one attached hydrogen (secondary N) is 1. The fourth-order valence-electron chi connectivity index (χ4n) is 4.12. The lowest BCUT2D eigenvalue weighted by Crippen LogP contribution is -2.33. The topological polar surface area (TPSA) is 67.3 Å². The number of likely N-dealkylation sites (tertiary alicyclic amines) is 1. The summed E-state index contributed by atoms with van der Waals surface area (Å²) >= 11 is 0. The van der Waals surface area contributed by atoms with E-state index in [1.165, 1.54) is 17.7 Å². The molecule has 2 aromatic carbocycles. The van der Waals surface area contributed by atoms with Gasteiger partial charge in [0.15, 0.2) is 0 Å². The number of hydrogen-bond acceptors (Lipinski definition) is 5. The van der Waals surface area contributed by atoms with Crippen molar-refractivity contribution in [2.24, 2.45) is 0 Å². The number of aryl methyl sites for hydroxylation is 1. The molecule has 7 heteroatoms. The lowest BCUT2D eigenvalue weighted by atomic mass is 9.95. The summed E-state index contributed by atoms with van der Waals surface area (Å²) < 4.78 is 18.3. The van der Waals surface area contributed by atoms with Crippen LogP contribution in [0.15, 0.2) is 54.7 Å². The number of methoxy groups -OCH3 is 1. The van der Waals surface area contributed by atoms with Gasteiger partial charge in [0.25, 0.3) is 5.91 Å². The third-order valence-corrected chi connectivity index (χ3v) is 6.13. The van der Waals surface area contributed by atoms with Gasteiger partial charge in [0.1, 0.15) is 17.4 Å². The van der Waals surface area contributed by atoms with Gasteiger partial charge in [-0.1, -0.05) is 24.3 Å². The molecule has 0 saturated carbocycles. The number of amides is 1. The smallest absolute Gasteiger partial charge is 0.254 e. The Bertz CT molecular complexity index is 1080. The number of benzene rings is 2. The maximum Gasteiger partial charge on any atom is 0.254 e. The standard InChI is InChI=1S/C26H29FN4O2/c1-18-24(26(32)29-15-19-3-7-22(27)8-4-19)16-28-25(30-18)21-11-13-31(14-12-21)17-20-5-9-23(33-2)10-6-20/h3-10,16,21H,11-15,17H2,1-2H3,(H,29,32). The van der Waals surface area contributed by atoms with Crippen LogP contribution in [-0.2, 0) is 13.1 Å². The van der Waals surface area contributed by atoms with Crippen molar-refractivity contribution in [2.75, 3.05) is 20.2 Å². The molecule has 172 valence electrons. The van der Waals surface area contributed by atoms with Crippen molar-refractivity contribution in [2.45, 2.75) is 38.8 Å². The number of ether oxygens (including phenoxy) is 1. The number of aromatic nitrogens is 2. The van der Waals surface area contributed by atoms with Gasteiger partial charge in [-0.25, -0.2) is 14.4 Å². The number of hydrogen-bond donors (Lipinski definition) is 1. The van der Waals surface area contributed by atoms with Crippen LogP contribution in [0, 0.1) is 12.7 Å². The zero-order valence-electron chi connectivity index (χ0n) is 19.1. The van der Waals surface area contributed by atoms with E-state index in [2.05, 4.69) is 32.3 Å². The van der Waals surface area contributed by atoms with Gasteiger partial charge in [0.05, 0.1) is 18.4 Å². The molecule has 0 radical (unpaired) electrons. The Hall–Kier alpha value is -3.32. The minimum atomic E-state index is -0.295. The summed E-state index contributed by atoms with van der Waals surface area (Å²) in [5, 5.41) is 2.85. The molecule has 6 nitrogen and oxygen atoms in total. The van der Waals surface area contributed by atoms with Crippen molar-refractivity contribution >= 4 is 5.91 Å². The highest BCUT2D eigenvalue weighted by Crippen LogP contribution is 2.27. The summed E-state index contributed by atoms with van der Waals surface area (Å²) in [6.45, 7) is 5.06. The molecule has 1 amide bonds. The van der Waals surface area contributed by atoms with Crippen molar-refractivity contribution in [1.29, 1.82) is 0 Å². The minimum absolute atomic E-state index is 0.224. The molecule has 1 aromatic heterocycles. The molecule has 3 aromatic rings. The highest BCUT2D eigenvalue weighted by atomic mass is 19.1. The summed E-state index contributed by atoms with van der Waals surface area (Å²) in [5.74, 6) is 1.46. The Morgan fingerprint density at radius 3 is 2.39 bits per heavy atom. The number of halogens is 1. The van der Waals surface area contributed by atoms with Crippen LogP contribution in [0.5, 0.6) is 5.75 Å². The van der Waals surface area contributed by atoms with E-state index in [1.807, 2.05) is 19.1 Å². The Morgan fingerprint density at radius 1 is 1.09 bits per heavy atom. The molecular weight excluding hydrogens is 419 g/mol. The van der Waals surface area contributed by atoms with Crippen molar-refractivity contribution in [3.63, 3.8) is 0 Å². The fraction of sp³-hybridized carbons (Fsp3) is 0.346. The predicted molar refractivity (Wildman–Crippen MR) is 125 cm³/mol. The first kappa shape index (κ1) is 22.9. The normalized spacial score (nSPS) is 14.8. The van der Waals surface area contributed by atoms with Gasteiger partial charge in [0, 0.05) is 25.2 Å². The molecular formula is C26H29FN4O2. The van der Waals surface area contributed by atoms with E-state index in [0.717, 1.165) is 49.6 Å². The van der Waals surface area contributed by atoms with Gasteiger partial charge < -0.3 is 10.1 Å². The molecule has 0 bridgehead atoms. The molecule has 1 N–H and O–H groups in total. The number of carbonyl (C=O) groups excluding carboxylic acids is 1. The predicted octanol–water partition coefficient (Wildman–Crippen LogP) is 4.24. The van der Waals surface area contributed by atoms with Crippen LogP contribution in [0.2, 0.25) is 0 Å². The fourth-order valence-corrected chi connectivity index (χ4v) is 4.12. The lowest BCUT2D eigenvalue weighted by Gasteiger charge is -2.31. The van der Waals surface area contributed by atoms with Gasteiger partial charge in [-0.2, -0.15) is 0 Å². The molecule has 0 atom stereocenters. The van der Waals surface area contributed by atoms with E-state index >= 15 is 0 Å². The van der Waals surface area contributed by atoms with E-state index in [1.54, 1.807) is 25.4 Å². The molecule has 33 heavy (non-hydrogen) atoms. The highest BCUT2D eigenvalue weighted by molar-refractivity contribution is 5.94. The largest absolute Gasteiger partial charge is 0.497 e. The van der Waals surface area contributed by atoms with Gasteiger partial charge >= 0.3 is 0 Å². The second kappa shape index (κ2) is 10.5. The van der Waals surface area contributed by atoms with Crippen LogP contribution in [0.3, 0.4) is 0 Å². The summed E-state index contributed by atoms with van der Waals surface area (Å²) in [6, 6.07) is 14.3. The summed E-state index contributed by atoms with van der Waals surface area (Å²) in [7, 11) is 1.68. The first-order chi connectivity index (χ1) is 16.0. The first-order valence-electron chi connectivity index (χ1n) is 11.2. The molecule has 0 spiro atoms. The zero-order chi connectivity index (χ0) is 23.2. The molecule has 2 heterocycles. The Morgan fingerprint density at radius 2 is 1.76 bits per heavy atom. The molecule has 0 unspecified atom stereocenters. The SMILES string of the molecule is COc1ccc(CN2CCC(c3ncc(C(=O)NCc4ccc(F)cc4)c(C)n3)CC2)cc1. The third-order valence-electron chi connectivity index (χ3n) is 6.13. The van der Waals surface area contributed by atoms with E-state index in [0.29, 0.717) is 23.7 Å². The van der Waals surface area contributed by atoms with E-state index in [9.17, 15) is 9.18 Å². The van der Waals surface area contributed by atoms with Gasteiger partial charge in [-0.05, 0) is 68.2 Å². The highest BCUT2D eigenvalue weighted by Gasteiger charge is 2.24. The Labute approximate surface area is 193 Å². The second-order valence-corrected chi connectivity index (χ2v) is 8.43. The molecule has 4 rings (SSSR count). The van der Waals surface area contributed by atoms with Crippen LogP contribution in [-0.4, -0.2) is 41.0 Å². The van der Waals surface area contributed by atoms with Crippen molar-refractivity contribution in [1.82, 2.24) is 20.2 Å². The number of carbonyl (C=O) groups is 1. The maximum absolute atomic E-state index is 13.0. The second-order valence-electron chi connectivity index (χ2n) is 8.43. The molecule has 0 aliphatic carbocycles. The number of nitrogens with zero attached hydrogens (tertiary/aromatic N) is 3.